The molecule has 0 amide bonds. The van der Waals surface area contributed by atoms with Gasteiger partial charge < -0.3 is 10.6 Å². The lowest BCUT2D eigenvalue weighted by molar-refractivity contribution is 0.434. The van der Waals surface area contributed by atoms with E-state index in [0.29, 0.717) is 6.42 Å². The molecule has 0 saturated heterocycles. The number of rotatable bonds is 16. The molecule has 1 heterocycles. The van der Waals surface area contributed by atoms with Crippen molar-refractivity contribution in [3.8, 4) is 0 Å². The molecule has 166 valence electrons. The highest BCUT2D eigenvalue weighted by molar-refractivity contribution is 7.87. The minimum Gasteiger partial charge on any atom is -0.347 e. The largest absolute Gasteiger partial charge is 0.347 e. The summed E-state index contributed by atoms with van der Waals surface area (Å²) in [5.74, 6) is 0. The van der Waals surface area contributed by atoms with Gasteiger partial charge in [-0.2, -0.15) is 8.42 Å². The Morgan fingerprint density at radius 3 is 1.48 bits per heavy atom. The lowest BCUT2D eigenvalue weighted by Crippen LogP contribution is -2.49. The number of benzene rings is 1. The quantitative estimate of drug-likeness (QED) is 0.198. The third-order valence-electron chi connectivity index (χ3n) is 5.92. The van der Waals surface area contributed by atoms with Gasteiger partial charge in [0.25, 0.3) is 0 Å². The van der Waals surface area contributed by atoms with E-state index in [4.69, 9.17) is 0 Å². The summed E-state index contributed by atoms with van der Waals surface area (Å²) in [6, 6.07) is 7.33. The van der Waals surface area contributed by atoms with E-state index in [-0.39, 0.29) is 0 Å². The van der Waals surface area contributed by atoms with Crippen molar-refractivity contribution in [2.45, 2.75) is 108 Å². The van der Waals surface area contributed by atoms with Gasteiger partial charge in [0.1, 0.15) is 0 Å². The van der Waals surface area contributed by atoms with Crippen molar-refractivity contribution in [1.82, 2.24) is 0 Å². The monoisotopic (exact) mass is 424 g/mol. The first kappa shape index (κ1) is 24.0. The summed E-state index contributed by atoms with van der Waals surface area (Å²) < 4.78 is 33.8. The number of anilines is 2. The number of para-hydroxylation sites is 2. The second-order valence-corrected chi connectivity index (χ2v) is 10.1. The van der Waals surface area contributed by atoms with Gasteiger partial charge in [-0.05, 0) is 18.6 Å². The average molecular weight is 425 g/mol. The fourth-order valence-electron chi connectivity index (χ4n) is 4.12. The van der Waals surface area contributed by atoms with Crippen molar-refractivity contribution in [2.24, 2.45) is 0 Å². The molecule has 0 atom stereocenters. The first-order valence-corrected chi connectivity index (χ1v) is 13.0. The fraction of sp³-hybridized carbons (Fsp3) is 0.739. The molecule has 6 heteroatoms. The second kappa shape index (κ2) is 12.4. The summed E-state index contributed by atoms with van der Waals surface area (Å²) in [6.45, 7) is 2.26. The molecule has 5 nitrogen and oxygen atoms in total. The molecule has 3 N–H and O–H groups in total. The van der Waals surface area contributed by atoms with Crippen molar-refractivity contribution >= 4 is 21.5 Å². The van der Waals surface area contributed by atoms with Crippen LogP contribution in [0.4, 0.5) is 11.4 Å². The number of fused-ring (bicyclic) bond motifs is 1. The van der Waals surface area contributed by atoms with Gasteiger partial charge in [-0.25, -0.2) is 0 Å². The topological polar surface area (TPSA) is 78.4 Å². The molecule has 0 aliphatic carbocycles. The van der Waals surface area contributed by atoms with Gasteiger partial charge in [-0.3, -0.25) is 4.55 Å². The Balaban J connectivity index is 1.53. The molecule has 0 unspecified atom stereocenters. The SMILES string of the molecule is CCCCCCCCCCCCCCCCC1(S(=O)(=O)O)Nc2ccccc2N1. The summed E-state index contributed by atoms with van der Waals surface area (Å²) in [7, 11) is -4.27. The second-order valence-electron chi connectivity index (χ2n) is 8.44. The first-order valence-electron chi connectivity index (χ1n) is 11.6. The summed E-state index contributed by atoms with van der Waals surface area (Å²) in [4.78, 5) is -1.49. The Labute approximate surface area is 177 Å². The van der Waals surface area contributed by atoms with Crippen LogP contribution in [-0.4, -0.2) is 18.0 Å². The van der Waals surface area contributed by atoms with E-state index in [9.17, 15) is 13.0 Å². The van der Waals surface area contributed by atoms with E-state index >= 15 is 0 Å². The highest BCUT2D eigenvalue weighted by Gasteiger charge is 2.46. The molecule has 0 fully saturated rings. The maximum Gasteiger partial charge on any atom is 0.308 e. The predicted octanol–water partition coefficient (Wildman–Crippen LogP) is 6.94. The Bertz CT molecular complexity index is 666. The molecule has 0 spiro atoms. The molecule has 1 aliphatic rings. The number of unbranched alkanes of at least 4 members (excludes halogenated alkanes) is 13. The molecule has 29 heavy (non-hydrogen) atoms. The minimum absolute atomic E-state index is 0.346. The maximum absolute atomic E-state index is 12.0. The van der Waals surface area contributed by atoms with Gasteiger partial charge in [0.2, 0.25) is 4.99 Å². The van der Waals surface area contributed by atoms with E-state index in [1.54, 1.807) is 0 Å². The standard InChI is InChI=1S/C23H40N2O3S/c1-2-3-4-5-6-7-8-9-10-11-12-13-14-17-20-23(29(26,27)28)24-21-18-15-16-19-22(21)25-23/h15-16,18-19,24-25H,2-14,17,20H2,1H3,(H,26,27,28). The van der Waals surface area contributed by atoms with Crippen molar-refractivity contribution in [3.63, 3.8) is 0 Å². The van der Waals surface area contributed by atoms with E-state index in [0.717, 1.165) is 30.6 Å². The van der Waals surface area contributed by atoms with Gasteiger partial charge in [-0.1, -0.05) is 103 Å². The highest BCUT2D eigenvalue weighted by Crippen LogP contribution is 2.38. The van der Waals surface area contributed by atoms with Gasteiger partial charge in [0.15, 0.2) is 0 Å². The van der Waals surface area contributed by atoms with E-state index in [1.807, 2.05) is 24.3 Å². The summed E-state index contributed by atoms with van der Waals surface area (Å²) in [5, 5.41) is 5.97. The zero-order chi connectivity index (χ0) is 21.0. The third-order valence-corrected chi connectivity index (χ3v) is 7.21. The number of hydrogen-bond donors (Lipinski definition) is 3. The Morgan fingerprint density at radius 1 is 0.724 bits per heavy atom. The fourth-order valence-corrected chi connectivity index (χ4v) is 5.00. The summed E-state index contributed by atoms with van der Waals surface area (Å²) >= 11 is 0. The first-order chi connectivity index (χ1) is 14.0. The Hall–Kier alpha value is -1.27. The van der Waals surface area contributed by atoms with Gasteiger partial charge in [-0.15, -0.1) is 0 Å². The number of hydrogen-bond acceptors (Lipinski definition) is 4. The Morgan fingerprint density at radius 2 is 1.10 bits per heavy atom. The van der Waals surface area contributed by atoms with E-state index in [1.165, 1.54) is 70.6 Å². The van der Waals surface area contributed by atoms with Crippen LogP contribution in [0.2, 0.25) is 0 Å². The van der Waals surface area contributed by atoms with E-state index in [2.05, 4.69) is 17.6 Å². The summed E-state index contributed by atoms with van der Waals surface area (Å²) in [6.07, 6.45) is 17.9. The van der Waals surface area contributed by atoms with Crippen LogP contribution in [0.1, 0.15) is 103 Å². The molecular weight excluding hydrogens is 384 g/mol. The van der Waals surface area contributed by atoms with Crippen LogP contribution in [-0.2, 0) is 10.1 Å². The van der Waals surface area contributed by atoms with Crippen LogP contribution in [0.3, 0.4) is 0 Å². The molecule has 1 aromatic carbocycles. The van der Waals surface area contributed by atoms with Crippen molar-refractivity contribution in [2.75, 3.05) is 10.6 Å². The molecule has 0 saturated carbocycles. The molecule has 1 aliphatic heterocycles. The van der Waals surface area contributed by atoms with Crippen LogP contribution in [0.15, 0.2) is 24.3 Å². The van der Waals surface area contributed by atoms with Crippen LogP contribution >= 0.6 is 0 Å². The molecule has 2 rings (SSSR count). The lowest BCUT2D eigenvalue weighted by Gasteiger charge is -2.27. The van der Waals surface area contributed by atoms with Gasteiger partial charge >= 0.3 is 10.1 Å². The average Bonchev–Trinajstić information content (AvgIpc) is 3.08. The maximum atomic E-state index is 12.0. The van der Waals surface area contributed by atoms with E-state index < -0.39 is 15.1 Å². The van der Waals surface area contributed by atoms with Crippen molar-refractivity contribution < 1.29 is 13.0 Å². The van der Waals surface area contributed by atoms with Crippen LogP contribution < -0.4 is 10.6 Å². The molecule has 0 bridgehead atoms. The smallest absolute Gasteiger partial charge is 0.308 e. The Kier molecular flexibility index (Phi) is 10.3. The van der Waals surface area contributed by atoms with Crippen molar-refractivity contribution in [1.29, 1.82) is 0 Å². The van der Waals surface area contributed by atoms with Crippen LogP contribution in [0.25, 0.3) is 0 Å². The van der Waals surface area contributed by atoms with Crippen molar-refractivity contribution in [3.05, 3.63) is 24.3 Å². The predicted molar refractivity (Wildman–Crippen MR) is 123 cm³/mol. The molecule has 0 radical (unpaired) electrons. The third kappa shape index (κ3) is 7.82. The molecule has 1 aromatic rings. The van der Waals surface area contributed by atoms with Gasteiger partial charge in [0, 0.05) is 6.42 Å². The normalized spacial score (nSPS) is 15.0. The zero-order valence-corrected chi connectivity index (χ0v) is 18.9. The zero-order valence-electron chi connectivity index (χ0n) is 18.1. The minimum atomic E-state index is -4.27. The summed E-state index contributed by atoms with van der Waals surface area (Å²) in [5.41, 5.74) is 1.44. The highest BCUT2D eigenvalue weighted by atomic mass is 32.2. The molecule has 0 aromatic heterocycles. The van der Waals surface area contributed by atoms with Crippen LogP contribution in [0.5, 0.6) is 0 Å². The molecular formula is C23H40N2O3S. The van der Waals surface area contributed by atoms with Gasteiger partial charge in [0.05, 0.1) is 11.4 Å². The van der Waals surface area contributed by atoms with Crippen LogP contribution in [0, 0.1) is 0 Å². The number of nitrogens with one attached hydrogen (secondary N) is 2. The lowest BCUT2D eigenvalue weighted by atomic mass is 10.0.